The van der Waals surface area contributed by atoms with Crippen LogP contribution < -0.4 is 10.0 Å². The van der Waals surface area contributed by atoms with Crippen molar-refractivity contribution in [2.45, 2.75) is 18.7 Å². The van der Waals surface area contributed by atoms with Crippen molar-refractivity contribution < 1.29 is 17.7 Å². The number of aryl methyl sites for hydroxylation is 1. The van der Waals surface area contributed by atoms with E-state index in [1.54, 1.807) is 38.1 Å². The number of nitrogens with one attached hydrogen (secondary N) is 2. The van der Waals surface area contributed by atoms with E-state index in [4.69, 9.17) is 16.1 Å². The minimum Gasteiger partial charge on any atom is -0.337 e. The Balaban J connectivity index is 1.67. The van der Waals surface area contributed by atoms with Crippen molar-refractivity contribution in [3.8, 4) is 0 Å². The van der Waals surface area contributed by atoms with Crippen molar-refractivity contribution in [2.24, 2.45) is 0 Å². The van der Waals surface area contributed by atoms with Gasteiger partial charge in [-0.3, -0.25) is 4.79 Å². The normalized spacial score (nSPS) is 11.6. The Kier molecular flexibility index (Phi) is 6.05. The van der Waals surface area contributed by atoms with Crippen LogP contribution in [0.2, 0.25) is 5.02 Å². The fourth-order valence-corrected chi connectivity index (χ4v) is 3.61. The van der Waals surface area contributed by atoms with E-state index in [1.807, 2.05) is 6.07 Å². The molecule has 9 heteroatoms. The highest BCUT2D eigenvalue weighted by Gasteiger charge is 2.19. The number of nitrogens with zero attached hydrogens (tertiary/aromatic N) is 1. The van der Waals surface area contributed by atoms with Gasteiger partial charge in [0.25, 0.3) is 10.0 Å². The molecule has 2 N–H and O–H groups in total. The summed E-state index contributed by atoms with van der Waals surface area (Å²) in [6.45, 7) is 3.42. The maximum atomic E-state index is 12.5. The second-order valence-corrected chi connectivity index (χ2v) is 8.29. The first-order chi connectivity index (χ1) is 13.8. The molecule has 7 nitrogen and oxygen atoms in total. The summed E-state index contributed by atoms with van der Waals surface area (Å²) >= 11 is 6.04. The van der Waals surface area contributed by atoms with Crippen LogP contribution in [0.3, 0.4) is 0 Å². The van der Waals surface area contributed by atoms with Gasteiger partial charge in [-0.25, -0.2) is 13.1 Å². The highest BCUT2D eigenvalue weighted by Crippen LogP contribution is 2.22. The molecule has 150 valence electrons. The molecule has 1 aromatic heterocycles. The lowest BCUT2D eigenvalue weighted by atomic mass is 10.2. The van der Waals surface area contributed by atoms with Crippen LogP contribution in [0.1, 0.15) is 16.8 Å². The van der Waals surface area contributed by atoms with Crippen molar-refractivity contribution in [2.75, 3.05) is 10.0 Å². The summed E-state index contributed by atoms with van der Waals surface area (Å²) in [7, 11) is -3.84. The number of carbonyl (C=O) groups excluding carboxylic acids is 1. The van der Waals surface area contributed by atoms with Crippen LogP contribution in [-0.2, 0) is 14.8 Å². The van der Waals surface area contributed by atoms with Crippen LogP contribution in [0, 0.1) is 13.8 Å². The predicted octanol–water partition coefficient (Wildman–Crippen LogP) is 4.40. The maximum Gasteiger partial charge on any atom is 0.264 e. The number of hydrogen-bond donors (Lipinski definition) is 2. The highest BCUT2D eigenvalue weighted by molar-refractivity contribution is 7.92. The summed E-state index contributed by atoms with van der Waals surface area (Å²) in [5, 5.41) is 6.92. The highest BCUT2D eigenvalue weighted by atomic mass is 35.5. The van der Waals surface area contributed by atoms with E-state index < -0.39 is 10.0 Å². The lowest BCUT2D eigenvalue weighted by Crippen LogP contribution is -2.13. The fraction of sp³-hybridized carbons (Fsp3) is 0.100. The lowest BCUT2D eigenvalue weighted by molar-refractivity contribution is -0.111. The van der Waals surface area contributed by atoms with Crippen molar-refractivity contribution >= 4 is 45.2 Å². The zero-order chi connectivity index (χ0) is 21.0. The van der Waals surface area contributed by atoms with Crippen LogP contribution in [-0.4, -0.2) is 19.5 Å². The van der Waals surface area contributed by atoms with Crippen molar-refractivity contribution in [1.82, 2.24) is 5.16 Å². The Morgan fingerprint density at radius 2 is 1.79 bits per heavy atom. The fourth-order valence-electron chi connectivity index (χ4n) is 2.37. The molecule has 0 radical (unpaired) electrons. The van der Waals surface area contributed by atoms with Gasteiger partial charge in [-0.15, -0.1) is 0 Å². The van der Waals surface area contributed by atoms with Gasteiger partial charge in [0.1, 0.15) is 0 Å². The molecule has 0 aliphatic carbocycles. The predicted molar refractivity (Wildman–Crippen MR) is 112 cm³/mol. The molecule has 1 heterocycles. The molecule has 3 rings (SSSR count). The van der Waals surface area contributed by atoms with Crippen molar-refractivity contribution in [3.05, 3.63) is 76.5 Å². The Hall–Kier alpha value is -3.10. The van der Waals surface area contributed by atoms with E-state index in [0.717, 1.165) is 5.56 Å². The van der Waals surface area contributed by atoms with E-state index in [2.05, 4.69) is 15.2 Å². The molecule has 3 aromatic rings. The third kappa shape index (κ3) is 5.04. The Morgan fingerprint density at radius 1 is 1.10 bits per heavy atom. The zero-order valence-electron chi connectivity index (χ0n) is 15.6. The van der Waals surface area contributed by atoms with Crippen LogP contribution >= 0.6 is 11.6 Å². The molecule has 0 saturated heterocycles. The first kappa shape index (κ1) is 20.6. The first-order valence-electron chi connectivity index (χ1n) is 8.55. The van der Waals surface area contributed by atoms with Gasteiger partial charge in [-0.2, -0.15) is 0 Å². The van der Waals surface area contributed by atoms with Gasteiger partial charge in [-0.05, 0) is 55.8 Å². The van der Waals surface area contributed by atoms with E-state index in [1.165, 1.54) is 30.3 Å². The molecule has 0 spiro atoms. The van der Waals surface area contributed by atoms with Crippen molar-refractivity contribution in [3.63, 3.8) is 0 Å². The van der Waals surface area contributed by atoms with E-state index >= 15 is 0 Å². The van der Waals surface area contributed by atoms with Gasteiger partial charge in [0.15, 0.2) is 0 Å². The van der Waals surface area contributed by atoms with Gasteiger partial charge in [0, 0.05) is 22.3 Å². The second kappa shape index (κ2) is 8.50. The molecular weight excluding hydrogens is 414 g/mol. The molecule has 1 amide bonds. The molecule has 0 unspecified atom stereocenters. The standard InChI is InChI=1S/C20H18ClN3O4S/c1-13-14(2)23-28-20(13)24-29(26,27)17-10-8-16(9-11-17)22-19(25)12-7-15-5-3-4-6-18(15)21/h3-12,24H,1-2H3,(H,22,25). The molecule has 0 aliphatic heterocycles. The van der Waals surface area contributed by atoms with Gasteiger partial charge < -0.3 is 9.84 Å². The second-order valence-electron chi connectivity index (χ2n) is 6.20. The minimum absolute atomic E-state index is 0.0237. The van der Waals surface area contributed by atoms with Gasteiger partial charge >= 0.3 is 0 Å². The van der Waals surface area contributed by atoms with Gasteiger partial charge in [0.2, 0.25) is 11.8 Å². The number of halogens is 1. The molecule has 29 heavy (non-hydrogen) atoms. The van der Waals surface area contributed by atoms with Crippen LogP contribution in [0.25, 0.3) is 6.08 Å². The van der Waals surface area contributed by atoms with Crippen LogP contribution in [0.4, 0.5) is 11.6 Å². The monoisotopic (exact) mass is 431 g/mol. The molecule has 0 fully saturated rings. The number of sulfonamides is 1. The summed E-state index contributed by atoms with van der Waals surface area (Å²) in [5.41, 5.74) is 2.38. The summed E-state index contributed by atoms with van der Waals surface area (Å²) in [5.74, 6) is -0.295. The number of amides is 1. The SMILES string of the molecule is Cc1noc(NS(=O)(=O)c2ccc(NC(=O)C=Cc3ccccc3Cl)cc2)c1C. The quantitative estimate of drug-likeness (QED) is 0.563. The Labute approximate surface area is 173 Å². The minimum atomic E-state index is -3.84. The topological polar surface area (TPSA) is 101 Å². The Bertz CT molecular complexity index is 1170. The largest absolute Gasteiger partial charge is 0.337 e. The third-order valence-corrected chi connectivity index (χ3v) is 5.83. The number of benzene rings is 2. The Morgan fingerprint density at radius 3 is 2.41 bits per heavy atom. The number of anilines is 2. The first-order valence-corrected chi connectivity index (χ1v) is 10.4. The molecule has 0 saturated carbocycles. The summed E-state index contributed by atoms with van der Waals surface area (Å²) in [6, 6.07) is 12.9. The average Bonchev–Trinajstić information content (AvgIpc) is 2.99. The number of hydrogen-bond acceptors (Lipinski definition) is 5. The number of rotatable bonds is 6. The molecule has 0 atom stereocenters. The van der Waals surface area contributed by atoms with E-state index in [9.17, 15) is 13.2 Å². The zero-order valence-corrected chi connectivity index (χ0v) is 17.2. The summed E-state index contributed by atoms with van der Waals surface area (Å²) in [4.78, 5) is 12.1. The van der Waals surface area contributed by atoms with Gasteiger partial charge in [-0.1, -0.05) is 35.0 Å². The summed E-state index contributed by atoms with van der Waals surface area (Å²) in [6.07, 6.45) is 2.95. The maximum absolute atomic E-state index is 12.5. The van der Waals surface area contributed by atoms with E-state index in [0.29, 0.717) is 22.0 Å². The molecular formula is C20H18ClN3O4S. The third-order valence-electron chi connectivity index (χ3n) is 4.14. The molecule has 2 aromatic carbocycles. The van der Waals surface area contributed by atoms with E-state index in [-0.39, 0.29) is 16.7 Å². The lowest BCUT2D eigenvalue weighted by Gasteiger charge is -2.07. The van der Waals surface area contributed by atoms with Gasteiger partial charge in [0.05, 0.1) is 10.6 Å². The number of carbonyl (C=O) groups is 1. The number of aromatic nitrogens is 1. The smallest absolute Gasteiger partial charge is 0.264 e. The van der Waals surface area contributed by atoms with Crippen LogP contribution in [0.5, 0.6) is 0 Å². The summed E-state index contributed by atoms with van der Waals surface area (Å²) < 4.78 is 32.3. The molecule has 0 aliphatic rings. The van der Waals surface area contributed by atoms with Crippen LogP contribution in [0.15, 0.2) is 64.0 Å². The average molecular weight is 432 g/mol. The van der Waals surface area contributed by atoms with Crippen molar-refractivity contribution in [1.29, 1.82) is 0 Å². The molecule has 0 bridgehead atoms.